The normalized spacial score (nSPS) is 22.6. The molecule has 0 aromatic carbocycles. The minimum Gasteiger partial charge on any atom is -0.466 e. The average molecular weight is 263 g/mol. The molecule has 2 rings (SSSR count). The predicted octanol–water partition coefficient (Wildman–Crippen LogP) is 1.87. The number of hydrogen-bond acceptors (Lipinski definition) is 5. The molecule has 1 unspecified atom stereocenters. The number of anilines is 1. The standard InChI is InChI=1S/C14H21N3O2/c1-5-19-12(18)14(4)6-7-17(9-14)13-15-10(2)8-11(3)16-13/h8H,5-7,9H2,1-4H3. The summed E-state index contributed by atoms with van der Waals surface area (Å²) in [7, 11) is 0. The van der Waals surface area contributed by atoms with Crippen LogP contribution in [0.4, 0.5) is 5.95 Å². The minimum atomic E-state index is -0.447. The number of aromatic nitrogens is 2. The molecule has 1 atom stereocenters. The highest BCUT2D eigenvalue weighted by Crippen LogP contribution is 2.33. The number of aryl methyl sites for hydroxylation is 2. The second kappa shape index (κ2) is 5.15. The number of hydrogen-bond donors (Lipinski definition) is 0. The largest absolute Gasteiger partial charge is 0.466 e. The highest BCUT2D eigenvalue weighted by atomic mass is 16.5. The third-order valence-corrected chi connectivity index (χ3v) is 3.49. The van der Waals surface area contributed by atoms with E-state index in [9.17, 15) is 4.79 Å². The molecule has 1 saturated heterocycles. The van der Waals surface area contributed by atoms with Crippen LogP contribution in [0, 0.1) is 19.3 Å². The van der Waals surface area contributed by atoms with Crippen molar-refractivity contribution < 1.29 is 9.53 Å². The van der Waals surface area contributed by atoms with Crippen LogP contribution in [0.25, 0.3) is 0 Å². The lowest BCUT2D eigenvalue weighted by Crippen LogP contribution is -2.34. The highest BCUT2D eigenvalue weighted by Gasteiger charge is 2.42. The van der Waals surface area contributed by atoms with E-state index in [1.807, 2.05) is 33.8 Å². The van der Waals surface area contributed by atoms with Gasteiger partial charge in [0.15, 0.2) is 0 Å². The fourth-order valence-electron chi connectivity index (χ4n) is 2.45. The van der Waals surface area contributed by atoms with Crippen molar-refractivity contribution in [3.63, 3.8) is 0 Å². The van der Waals surface area contributed by atoms with Gasteiger partial charge in [0.25, 0.3) is 0 Å². The van der Waals surface area contributed by atoms with Gasteiger partial charge in [0.2, 0.25) is 5.95 Å². The average Bonchev–Trinajstić information content (AvgIpc) is 2.72. The van der Waals surface area contributed by atoms with Crippen LogP contribution in [0.5, 0.6) is 0 Å². The van der Waals surface area contributed by atoms with E-state index in [1.54, 1.807) is 0 Å². The molecule has 0 amide bonds. The number of esters is 1. The second-order valence-electron chi connectivity index (χ2n) is 5.40. The van der Waals surface area contributed by atoms with Crippen molar-refractivity contribution in [1.29, 1.82) is 0 Å². The van der Waals surface area contributed by atoms with Gasteiger partial charge in [0.05, 0.1) is 12.0 Å². The van der Waals surface area contributed by atoms with Gasteiger partial charge < -0.3 is 9.64 Å². The van der Waals surface area contributed by atoms with Crippen LogP contribution in [0.1, 0.15) is 31.7 Å². The van der Waals surface area contributed by atoms with E-state index < -0.39 is 5.41 Å². The molecule has 1 aliphatic heterocycles. The van der Waals surface area contributed by atoms with Gasteiger partial charge in [-0.15, -0.1) is 0 Å². The Balaban J connectivity index is 2.15. The van der Waals surface area contributed by atoms with Crippen LogP contribution in [-0.4, -0.2) is 35.6 Å². The summed E-state index contributed by atoms with van der Waals surface area (Å²) in [6, 6.07) is 1.95. The summed E-state index contributed by atoms with van der Waals surface area (Å²) in [6.45, 7) is 9.54. The third-order valence-electron chi connectivity index (χ3n) is 3.49. The van der Waals surface area contributed by atoms with E-state index in [2.05, 4.69) is 14.9 Å². The topological polar surface area (TPSA) is 55.3 Å². The Hall–Kier alpha value is -1.65. The van der Waals surface area contributed by atoms with E-state index in [-0.39, 0.29) is 5.97 Å². The Morgan fingerprint density at radius 1 is 1.42 bits per heavy atom. The maximum absolute atomic E-state index is 12.0. The van der Waals surface area contributed by atoms with E-state index >= 15 is 0 Å². The van der Waals surface area contributed by atoms with E-state index in [1.165, 1.54) is 0 Å². The van der Waals surface area contributed by atoms with Crippen molar-refractivity contribution in [3.8, 4) is 0 Å². The molecule has 0 aliphatic carbocycles. The molecular formula is C14H21N3O2. The fourth-order valence-corrected chi connectivity index (χ4v) is 2.45. The Labute approximate surface area is 114 Å². The van der Waals surface area contributed by atoms with Gasteiger partial charge >= 0.3 is 5.97 Å². The zero-order valence-corrected chi connectivity index (χ0v) is 12.1. The molecule has 0 bridgehead atoms. The van der Waals surface area contributed by atoms with Crippen molar-refractivity contribution in [3.05, 3.63) is 17.5 Å². The molecule has 19 heavy (non-hydrogen) atoms. The number of carbonyl (C=O) groups is 1. The SMILES string of the molecule is CCOC(=O)C1(C)CCN(c2nc(C)cc(C)n2)C1. The zero-order chi connectivity index (χ0) is 14.0. The van der Waals surface area contributed by atoms with Gasteiger partial charge in [0, 0.05) is 24.5 Å². The molecule has 1 aromatic rings. The van der Waals surface area contributed by atoms with E-state index in [0.29, 0.717) is 19.1 Å². The molecular weight excluding hydrogens is 242 g/mol. The summed E-state index contributed by atoms with van der Waals surface area (Å²) in [5.74, 6) is 0.590. The Bertz CT molecular complexity index is 469. The summed E-state index contributed by atoms with van der Waals surface area (Å²) in [5, 5.41) is 0. The first-order valence-corrected chi connectivity index (χ1v) is 6.69. The quantitative estimate of drug-likeness (QED) is 0.779. The number of rotatable bonds is 3. The smallest absolute Gasteiger partial charge is 0.313 e. The van der Waals surface area contributed by atoms with E-state index in [4.69, 9.17) is 4.74 Å². The second-order valence-corrected chi connectivity index (χ2v) is 5.40. The molecule has 0 radical (unpaired) electrons. The van der Waals surface area contributed by atoms with Crippen LogP contribution < -0.4 is 4.90 Å². The minimum absolute atomic E-state index is 0.123. The number of ether oxygens (including phenoxy) is 1. The molecule has 1 fully saturated rings. The van der Waals surface area contributed by atoms with Crippen LogP contribution in [-0.2, 0) is 9.53 Å². The van der Waals surface area contributed by atoms with Crippen molar-refractivity contribution in [2.75, 3.05) is 24.6 Å². The Morgan fingerprint density at radius 3 is 2.63 bits per heavy atom. The van der Waals surface area contributed by atoms with Crippen LogP contribution in [0.15, 0.2) is 6.07 Å². The number of nitrogens with zero attached hydrogens (tertiary/aromatic N) is 3. The first kappa shape index (κ1) is 13.8. The van der Waals surface area contributed by atoms with Crippen LogP contribution in [0.3, 0.4) is 0 Å². The lowest BCUT2D eigenvalue weighted by atomic mass is 9.90. The molecule has 1 aromatic heterocycles. The summed E-state index contributed by atoms with van der Waals surface area (Å²) in [6.07, 6.45) is 0.780. The molecule has 0 N–H and O–H groups in total. The first-order valence-electron chi connectivity index (χ1n) is 6.69. The number of carbonyl (C=O) groups excluding carboxylic acids is 1. The van der Waals surface area contributed by atoms with E-state index in [0.717, 1.165) is 24.4 Å². The Kier molecular flexibility index (Phi) is 3.73. The first-order chi connectivity index (χ1) is 8.94. The van der Waals surface area contributed by atoms with Gasteiger partial charge in [-0.2, -0.15) is 0 Å². The molecule has 5 heteroatoms. The third kappa shape index (κ3) is 2.85. The highest BCUT2D eigenvalue weighted by molar-refractivity contribution is 5.78. The monoisotopic (exact) mass is 263 g/mol. The molecule has 0 saturated carbocycles. The summed E-state index contributed by atoms with van der Waals surface area (Å²) >= 11 is 0. The summed E-state index contributed by atoms with van der Waals surface area (Å²) in [4.78, 5) is 23.0. The van der Waals surface area contributed by atoms with Gasteiger partial charge in [-0.3, -0.25) is 4.79 Å². The van der Waals surface area contributed by atoms with Crippen LogP contribution >= 0.6 is 0 Å². The van der Waals surface area contributed by atoms with Crippen molar-refractivity contribution >= 4 is 11.9 Å². The Morgan fingerprint density at radius 2 is 2.05 bits per heavy atom. The van der Waals surface area contributed by atoms with Gasteiger partial charge in [-0.05, 0) is 40.2 Å². The fraction of sp³-hybridized carbons (Fsp3) is 0.643. The van der Waals surface area contributed by atoms with Crippen molar-refractivity contribution in [2.45, 2.75) is 34.1 Å². The van der Waals surface area contributed by atoms with Gasteiger partial charge in [-0.1, -0.05) is 0 Å². The lowest BCUT2D eigenvalue weighted by Gasteiger charge is -2.22. The van der Waals surface area contributed by atoms with Gasteiger partial charge in [0.1, 0.15) is 0 Å². The molecule has 5 nitrogen and oxygen atoms in total. The lowest BCUT2D eigenvalue weighted by molar-refractivity contribution is -0.153. The van der Waals surface area contributed by atoms with Gasteiger partial charge in [-0.25, -0.2) is 9.97 Å². The maximum Gasteiger partial charge on any atom is 0.313 e. The predicted molar refractivity (Wildman–Crippen MR) is 73.1 cm³/mol. The van der Waals surface area contributed by atoms with Crippen molar-refractivity contribution in [1.82, 2.24) is 9.97 Å². The maximum atomic E-state index is 12.0. The zero-order valence-electron chi connectivity index (χ0n) is 12.1. The molecule has 0 spiro atoms. The summed E-state index contributed by atoms with van der Waals surface area (Å²) < 4.78 is 5.15. The molecule has 104 valence electrons. The van der Waals surface area contributed by atoms with Crippen molar-refractivity contribution in [2.24, 2.45) is 5.41 Å². The molecule has 2 heterocycles. The van der Waals surface area contributed by atoms with Crippen LogP contribution in [0.2, 0.25) is 0 Å². The molecule has 1 aliphatic rings. The summed E-state index contributed by atoms with van der Waals surface area (Å²) in [5.41, 5.74) is 1.45.